The number of aromatic nitrogens is 5. The van der Waals surface area contributed by atoms with Gasteiger partial charge in [-0.25, -0.2) is 4.68 Å². The second kappa shape index (κ2) is 9.74. The molecule has 4 aromatic rings. The van der Waals surface area contributed by atoms with Crippen LogP contribution in [-0.2, 0) is 18.6 Å². The molecule has 0 saturated carbocycles. The molecule has 1 unspecified atom stereocenters. The maximum absolute atomic E-state index is 13.2. The second-order valence-corrected chi connectivity index (χ2v) is 10.9. The molecule has 0 saturated heterocycles. The maximum Gasteiger partial charge on any atom is 0.252 e. The van der Waals surface area contributed by atoms with E-state index in [2.05, 4.69) is 91.2 Å². The van der Waals surface area contributed by atoms with Crippen LogP contribution in [0.25, 0.3) is 10.9 Å². The molecule has 0 fully saturated rings. The summed E-state index contributed by atoms with van der Waals surface area (Å²) in [6, 6.07) is 16.5. The van der Waals surface area contributed by atoms with Gasteiger partial charge in [-0.05, 0) is 79.6 Å². The average molecular weight is 473 g/mol. The number of rotatable bonds is 7. The number of aromatic amines is 1. The van der Waals surface area contributed by atoms with Crippen LogP contribution in [0.5, 0.6) is 0 Å². The van der Waals surface area contributed by atoms with Crippen molar-refractivity contribution in [1.82, 2.24) is 30.1 Å². The van der Waals surface area contributed by atoms with E-state index in [9.17, 15) is 4.79 Å². The normalized spacial score (nSPS) is 13.2. The number of nitrogens with zero attached hydrogens (tertiary/aromatic N) is 5. The minimum atomic E-state index is -0.264. The summed E-state index contributed by atoms with van der Waals surface area (Å²) in [5.74, 6) is 1.03. The third-order valence-electron chi connectivity index (χ3n) is 6.39. The van der Waals surface area contributed by atoms with E-state index in [1.54, 1.807) is 0 Å². The zero-order valence-corrected chi connectivity index (χ0v) is 21.8. The number of hydrogen-bond donors (Lipinski definition) is 1. The first-order valence-electron chi connectivity index (χ1n) is 12.2. The van der Waals surface area contributed by atoms with E-state index in [-0.39, 0.29) is 23.1 Å². The first-order chi connectivity index (χ1) is 16.5. The first kappa shape index (κ1) is 24.8. The van der Waals surface area contributed by atoms with E-state index in [1.807, 2.05) is 35.9 Å². The van der Waals surface area contributed by atoms with Gasteiger partial charge in [-0.2, -0.15) is 0 Å². The Morgan fingerprint density at radius 2 is 1.74 bits per heavy atom. The monoisotopic (exact) mass is 472 g/mol. The molecule has 1 atom stereocenters. The Hall–Kier alpha value is -3.32. The van der Waals surface area contributed by atoms with Crippen LogP contribution in [0.2, 0.25) is 0 Å². The topological polar surface area (TPSA) is 79.7 Å². The van der Waals surface area contributed by atoms with Gasteiger partial charge in [0.15, 0.2) is 5.82 Å². The Morgan fingerprint density at radius 1 is 1.03 bits per heavy atom. The van der Waals surface area contributed by atoms with Gasteiger partial charge in [0.1, 0.15) is 0 Å². The number of aryl methyl sites for hydroxylation is 2. The van der Waals surface area contributed by atoms with Crippen LogP contribution in [0.1, 0.15) is 68.7 Å². The summed E-state index contributed by atoms with van der Waals surface area (Å²) in [5, 5.41) is 13.9. The molecule has 2 aromatic heterocycles. The van der Waals surface area contributed by atoms with E-state index in [0.717, 1.165) is 27.9 Å². The average Bonchev–Trinajstić information content (AvgIpc) is 3.25. The Balaban J connectivity index is 1.82. The van der Waals surface area contributed by atoms with Crippen molar-refractivity contribution in [3.05, 3.63) is 87.0 Å². The zero-order valence-electron chi connectivity index (χ0n) is 21.8. The predicted molar refractivity (Wildman–Crippen MR) is 140 cm³/mol. The number of pyridine rings is 1. The molecule has 184 valence electrons. The lowest BCUT2D eigenvalue weighted by molar-refractivity contribution is 0.120. The minimum Gasteiger partial charge on any atom is -0.321 e. The van der Waals surface area contributed by atoms with Gasteiger partial charge in [0.25, 0.3) is 5.56 Å². The van der Waals surface area contributed by atoms with Crippen LogP contribution in [0.15, 0.2) is 53.3 Å². The molecule has 0 aliphatic carbocycles. The van der Waals surface area contributed by atoms with Gasteiger partial charge in [-0.15, -0.1) is 5.10 Å². The zero-order chi connectivity index (χ0) is 25.3. The van der Waals surface area contributed by atoms with Crippen molar-refractivity contribution in [3.8, 4) is 0 Å². The Labute approximate surface area is 207 Å². The van der Waals surface area contributed by atoms with Crippen LogP contribution in [0.3, 0.4) is 0 Å². The van der Waals surface area contributed by atoms with Crippen molar-refractivity contribution < 1.29 is 0 Å². The smallest absolute Gasteiger partial charge is 0.252 e. The standard InChI is InChI=1S/C28H36N6O/c1-18(2)25(26-30-31-32-34(26)28(5,6)7)33(16-21-11-9-8-10-12-21)17-23-15-22-14-19(3)13-20(4)24(22)29-27(23)35/h8-15,18,25H,16-17H2,1-7H3,(H,29,35). The van der Waals surface area contributed by atoms with Gasteiger partial charge in [0, 0.05) is 18.7 Å². The Bertz CT molecular complexity index is 1360. The fraction of sp³-hybridized carbons (Fsp3) is 0.429. The number of tetrazole rings is 1. The SMILES string of the molecule is Cc1cc(C)c2[nH]c(=O)c(CN(Cc3ccccc3)C(c3nnnn3C(C)(C)C)C(C)C)cc2c1. The summed E-state index contributed by atoms with van der Waals surface area (Å²) in [4.78, 5) is 18.7. The van der Waals surface area contributed by atoms with Crippen molar-refractivity contribution >= 4 is 10.9 Å². The highest BCUT2D eigenvalue weighted by Crippen LogP contribution is 2.32. The van der Waals surface area contributed by atoms with E-state index in [1.165, 1.54) is 11.1 Å². The fourth-order valence-corrected chi connectivity index (χ4v) is 4.88. The lowest BCUT2D eigenvalue weighted by atomic mass is 9.98. The van der Waals surface area contributed by atoms with Crippen molar-refractivity contribution in [2.75, 3.05) is 0 Å². The molecular formula is C28H36N6O. The number of fused-ring (bicyclic) bond motifs is 1. The number of hydrogen-bond acceptors (Lipinski definition) is 5. The third-order valence-corrected chi connectivity index (χ3v) is 6.39. The third kappa shape index (κ3) is 5.35. The highest BCUT2D eigenvalue weighted by atomic mass is 16.1. The van der Waals surface area contributed by atoms with E-state index < -0.39 is 0 Å². The Kier molecular flexibility index (Phi) is 6.90. The molecule has 0 aliphatic rings. The van der Waals surface area contributed by atoms with Gasteiger partial charge in [0.05, 0.1) is 17.1 Å². The second-order valence-electron chi connectivity index (χ2n) is 10.9. The lowest BCUT2D eigenvalue weighted by Crippen LogP contribution is -2.37. The van der Waals surface area contributed by atoms with Gasteiger partial charge in [0.2, 0.25) is 0 Å². The van der Waals surface area contributed by atoms with Gasteiger partial charge < -0.3 is 4.98 Å². The Morgan fingerprint density at radius 3 is 2.40 bits per heavy atom. The van der Waals surface area contributed by atoms with Gasteiger partial charge in [-0.3, -0.25) is 9.69 Å². The molecule has 35 heavy (non-hydrogen) atoms. The molecule has 2 aromatic carbocycles. The van der Waals surface area contributed by atoms with Crippen LogP contribution in [0.4, 0.5) is 0 Å². The fourth-order valence-electron chi connectivity index (χ4n) is 4.88. The highest BCUT2D eigenvalue weighted by Gasteiger charge is 2.32. The summed E-state index contributed by atoms with van der Waals surface area (Å²) in [6.45, 7) is 15.9. The van der Waals surface area contributed by atoms with Crippen molar-refractivity contribution in [1.29, 1.82) is 0 Å². The van der Waals surface area contributed by atoms with Crippen molar-refractivity contribution in [2.24, 2.45) is 5.92 Å². The quantitative estimate of drug-likeness (QED) is 0.396. The van der Waals surface area contributed by atoms with E-state index >= 15 is 0 Å². The summed E-state index contributed by atoms with van der Waals surface area (Å²) < 4.78 is 1.91. The molecule has 7 heteroatoms. The summed E-state index contributed by atoms with van der Waals surface area (Å²) in [5.41, 5.74) is 4.75. The van der Waals surface area contributed by atoms with Crippen LogP contribution >= 0.6 is 0 Å². The molecule has 0 radical (unpaired) electrons. The molecule has 0 aliphatic heterocycles. The number of benzene rings is 2. The first-order valence-corrected chi connectivity index (χ1v) is 12.2. The minimum absolute atomic E-state index is 0.0552. The number of nitrogens with one attached hydrogen (secondary N) is 1. The highest BCUT2D eigenvalue weighted by molar-refractivity contribution is 5.82. The number of H-pyrrole nitrogens is 1. The largest absolute Gasteiger partial charge is 0.321 e. The van der Waals surface area contributed by atoms with Crippen LogP contribution in [0, 0.1) is 19.8 Å². The predicted octanol–water partition coefficient (Wildman–Crippen LogP) is 5.29. The summed E-state index contributed by atoms with van der Waals surface area (Å²) in [6.07, 6.45) is 0. The van der Waals surface area contributed by atoms with Crippen LogP contribution < -0.4 is 5.56 Å². The molecular weight excluding hydrogens is 436 g/mol. The van der Waals surface area contributed by atoms with Crippen molar-refractivity contribution in [3.63, 3.8) is 0 Å². The molecule has 4 rings (SSSR count). The molecule has 1 N–H and O–H groups in total. The van der Waals surface area contributed by atoms with Gasteiger partial charge in [-0.1, -0.05) is 55.8 Å². The maximum atomic E-state index is 13.2. The van der Waals surface area contributed by atoms with Gasteiger partial charge >= 0.3 is 0 Å². The summed E-state index contributed by atoms with van der Waals surface area (Å²) in [7, 11) is 0. The molecule has 0 spiro atoms. The van der Waals surface area contributed by atoms with E-state index in [0.29, 0.717) is 13.1 Å². The van der Waals surface area contributed by atoms with E-state index in [4.69, 9.17) is 0 Å². The molecule has 0 bridgehead atoms. The molecule has 2 heterocycles. The molecule has 7 nitrogen and oxygen atoms in total. The lowest BCUT2D eigenvalue weighted by Gasteiger charge is -2.35. The van der Waals surface area contributed by atoms with Crippen LogP contribution in [-0.4, -0.2) is 30.1 Å². The summed E-state index contributed by atoms with van der Waals surface area (Å²) >= 11 is 0. The molecule has 0 amide bonds. The van der Waals surface area contributed by atoms with Crippen molar-refractivity contribution in [2.45, 2.75) is 73.1 Å².